The lowest BCUT2D eigenvalue weighted by atomic mass is 9.67. The molecule has 322 valence electrons. The van der Waals surface area contributed by atoms with E-state index in [4.69, 9.17) is 19.4 Å². The minimum Gasteiger partial charge on any atom is -0.456 e. The quantitative estimate of drug-likeness (QED) is 0.160. The Balaban J connectivity index is 0.966. The van der Waals surface area contributed by atoms with Crippen LogP contribution >= 0.6 is 0 Å². The van der Waals surface area contributed by atoms with E-state index in [1.165, 1.54) is 44.5 Å². The second-order valence-electron chi connectivity index (χ2n) is 17.9. The van der Waals surface area contributed by atoms with Crippen molar-refractivity contribution in [3.63, 3.8) is 0 Å². The monoisotopic (exact) mass is 880 g/mol. The van der Waals surface area contributed by atoms with Crippen LogP contribution in [0.3, 0.4) is 0 Å². The predicted octanol–water partition coefficient (Wildman–Crippen LogP) is 15.9. The van der Waals surface area contributed by atoms with E-state index >= 15 is 0 Å². The fraction of sp³-hybridized carbons (Fsp3) is 0.0156. The Morgan fingerprint density at radius 3 is 1.57 bits per heavy atom. The van der Waals surface area contributed by atoms with E-state index in [9.17, 15) is 0 Å². The first-order chi connectivity index (χ1) is 34.2. The molecule has 5 heteroatoms. The molecule has 1 aliphatic rings. The predicted molar refractivity (Wildman–Crippen MR) is 280 cm³/mol. The van der Waals surface area contributed by atoms with Crippen molar-refractivity contribution < 1.29 is 4.42 Å². The van der Waals surface area contributed by atoms with E-state index in [0.29, 0.717) is 17.6 Å². The maximum absolute atomic E-state index is 6.71. The minimum absolute atomic E-state index is 0.539. The number of benzene rings is 10. The van der Waals surface area contributed by atoms with Crippen molar-refractivity contribution in [1.29, 1.82) is 0 Å². The third-order valence-electron chi connectivity index (χ3n) is 14.1. The van der Waals surface area contributed by atoms with E-state index in [1.54, 1.807) is 0 Å². The topological polar surface area (TPSA) is 56.7 Å². The van der Waals surface area contributed by atoms with Gasteiger partial charge in [-0.25, -0.2) is 4.98 Å². The summed E-state index contributed by atoms with van der Waals surface area (Å²) in [6.45, 7) is 0. The molecule has 0 atom stereocenters. The van der Waals surface area contributed by atoms with Gasteiger partial charge in [0, 0.05) is 32.7 Å². The molecule has 0 saturated carbocycles. The summed E-state index contributed by atoms with van der Waals surface area (Å²) >= 11 is 0. The molecule has 0 radical (unpaired) electrons. The van der Waals surface area contributed by atoms with Gasteiger partial charge in [-0.1, -0.05) is 194 Å². The first kappa shape index (κ1) is 39.0. The summed E-state index contributed by atoms with van der Waals surface area (Å²) in [6.07, 6.45) is 0. The lowest BCUT2D eigenvalue weighted by Crippen LogP contribution is -2.28. The second-order valence-corrected chi connectivity index (χ2v) is 17.9. The first-order valence-corrected chi connectivity index (χ1v) is 23.4. The standard InChI is InChI=1S/C64H40N4O/c1-5-18-41(19-6-1)43-22-17-23-44(36-43)45-32-34-51-52-35-33-46(38-60(52)69-59(51)37-45)62-65-61(42-20-7-2-8-21-42)66-63(67-62)68-57-31-16-14-29-50(57)54-39-53-49-28-13-15-30-55(49)64(56(53)40-58(54)68,47-24-9-3-10-25-47)48-26-11-4-12-27-48/h1-40H. The smallest absolute Gasteiger partial charge is 0.238 e. The van der Waals surface area contributed by atoms with Crippen molar-refractivity contribution in [2.24, 2.45) is 0 Å². The van der Waals surface area contributed by atoms with Gasteiger partial charge in [-0.3, -0.25) is 4.57 Å². The van der Waals surface area contributed by atoms with Crippen LogP contribution in [0.1, 0.15) is 22.3 Å². The SMILES string of the molecule is c1ccc(-c2cccc(-c3ccc4c(c3)oc3cc(-c5nc(-c6ccccc6)nc(-n6c7ccccc7c7cc8c(cc76)C(c6ccccc6)(c6ccccc6)c6ccccc6-8)n5)ccc34)c2)cc1. The number of nitrogens with zero attached hydrogens (tertiary/aromatic N) is 4. The van der Waals surface area contributed by atoms with Crippen LogP contribution < -0.4 is 0 Å². The normalized spacial score (nSPS) is 12.8. The van der Waals surface area contributed by atoms with Gasteiger partial charge in [-0.15, -0.1) is 0 Å². The third kappa shape index (κ3) is 6.07. The van der Waals surface area contributed by atoms with E-state index in [0.717, 1.165) is 66.0 Å². The number of fused-ring (bicyclic) bond motifs is 9. The largest absolute Gasteiger partial charge is 0.456 e. The summed E-state index contributed by atoms with van der Waals surface area (Å²) in [6, 6.07) is 86.4. The Morgan fingerprint density at radius 1 is 0.319 bits per heavy atom. The summed E-state index contributed by atoms with van der Waals surface area (Å²) in [4.78, 5) is 15.9. The molecular formula is C64H40N4O. The average Bonchev–Trinajstić information content (AvgIpc) is 4.06. The number of hydrogen-bond donors (Lipinski definition) is 0. The number of aromatic nitrogens is 4. The van der Waals surface area contributed by atoms with Crippen molar-refractivity contribution in [2.75, 3.05) is 0 Å². The molecule has 0 spiro atoms. The summed E-state index contributed by atoms with van der Waals surface area (Å²) < 4.78 is 8.95. The van der Waals surface area contributed by atoms with E-state index < -0.39 is 5.41 Å². The lowest BCUT2D eigenvalue weighted by Gasteiger charge is -2.34. The highest BCUT2D eigenvalue weighted by atomic mass is 16.3. The highest BCUT2D eigenvalue weighted by molar-refractivity contribution is 6.12. The molecule has 3 aromatic heterocycles. The van der Waals surface area contributed by atoms with Gasteiger partial charge in [0.05, 0.1) is 16.4 Å². The molecule has 13 aromatic rings. The van der Waals surface area contributed by atoms with Crippen molar-refractivity contribution >= 4 is 43.7 Å². The minimum atomic E-state index is -0.571. The zero-order valence-electron chi connectivity index (χ0n) is 37.3. The lowest BCUT2D eigenvalue weighted by molar-refractivity contribution is 0.669. The average molecular weight is 881 g/mol. The number of rotatable bonds is 7. The van der Waals surface area contributed by atoms with Crippen molar-refractivity contribution in [1.82, 2.24) is 19.5 Å². The maximum atomic E-state index is 6.71. The summed E-state index contributed by atoms with van der Waals surface area (Å²) in [5.41, 5.74) is 16.8. The number of hydrogen-bond acceptors (Lipinski definition) is 4. The highest BCUT2D eigenvalue weighted by Gasteiger charge is 2.46. The van der Waals surface area contributed by atoms with E-state index in [-0.39, 0.29) is 0 Å². The van der Waals surface area contributed by atoms with Gasteiger partial charge in [0.1, 0.15) is 11.2 Å². The molecule has 0 amide bonds. The molecule has 0 N–H and O–H groups in total. The Bertz CT molecular complexity index is 4080. The second kappa shape index (κ2) is 15.4. The van der Waals surface area contributed by atoms with Crippen LogP contribution in [-0.4, -0.2) is 19.5 Å². The fourth-order valence-corrected chi connectivity index (χ4v) is 11.0. The molecule has 0 saturated heterocycles. The van der Waals surface area contributed by atoms with Crippen LogP contribution in [0.2, 0.25) is 0 Å². The molecule has 10 aromatic carbocycles. The molecule has 5 nitrogen and oxygen atoms in total. The van der Waals surface area contributed by atoms with Gasteiger partial charge in [0.15, 0.2) is 11.6 Å². The number of para-hydroxylation sites is 1. The molecule has 1 aliphatic carbocycles. The maximum Gasteiger partial charge on any atom is 0.238 e. The summed E-state index contributed by atoms with van der Waals surface area (Å²) in [5.74, 6) is 1.68. The zero-order chi connectivity index (χ0) is 45.5. The first-order valence-electron chi connectivity index (χ1n) is 23.4. The van der Waals surface area contributed by atoms with Gasteiger partial charge < -0.3 is 4.42 Å². The molecule has 0 unspecified atom stereocenters. The van der Waals surface area contributed by atoms with Crippen LogP contribution in [0.4, 0.5) is 0 Å². The van der Waals surface area contributed by atoms with E-state index in [1.807, 2.05) is 24.3 Å². The fourth-order valence-electron chi connectivity index (χ4n) is 11.0. The Hall–Kier alpha value is -9.19. The van der Waals surface area contributed by atoms with E-state index in [2.05, 4.69) is 223 Å². The summed E-state index contributed by atoms with van der Waals surface area (Å²) in [7, 11) is 0. The Labute approximate surface area is 398 Å². The van der Waals surface area contributed by atoms with Crippen molar-refractivity contribution in [3.8, 4) is 62.1 Å². The Kier molecular flexibility index (Phi) is 8.73. The molecule has 0 bridgehead atoms. The molecule has 0 aliphatic heterocycles. The van der Waals surface area contributed by atoms with Crippen molar-refractivity contribution in [2.45, 2.75) is 5.41 Å². The molecule has 0 fully saturated rings. The van der Waals surface area contributed by atoms with Gasteiger partial charge in [-0.05, 0) is 104 Å². The molecular weight excluding hydrogens is 841 g/mol. The van der Waals surface area contributed by atoms with Gasteiger partial charge >= 0.3 is 0 Å². The van der Waals surface area contributed by atoms with Gasteiger partial charge in [0.25, 0.3) is 0 Å². The molecule has 69 heavy (non-hydrogen) atoms. The van der Waals surface area contributed by atoms with Crippen LogP contribution in [-0.2, 0) is 5.41 Å². The van der Waals surface area contributed by atoms with Crippen LogP contribution in [0.15, 0.2) is 247 Å². The highest BCUT2D eigenvalue weighted by Crippen LogP contribution is 2.57. The summed E-state index contributed by atoms with van der Waals surface area (Å²) in [5, 5.41) is 4.35. The number of furan rings is 1. The third-order valence-corrected chi connectivity index (χ3v) is 14.1. The van der Waals surface area contributed by atoms with Crippen LogP contribution in [0.25, 0.3) is 106 Å². The molecule has 14 rings (SSSR count). The van der Waals surface area contributed by atoms with Crippen molar-refractivity contribution in [3.05, 3.63) is 265 Å². The van der Waals surface area contributed by atoms with Gasteiger partial charge in [0.2, 0.25) is 5.95 Å². The zero-order valence-corrected chi connectivity index (χ0v) is 37.3. The molecule has 3 heterocycles. The van der Waals surface area contributed by atoms with Gasteiger partial charge in [-0.2, -0.15) is 9.97 Å². The Morgan fingerprint density at radius 2 is 0.855 bits per heavy atom. The van der Waals surface area contributed by atoms with Crippen LogP contribution in [0, 0.1) is 0 Å². The van der Waals surface area contributed by atoms with Crippen LogP contribution in [0.5, 0.6) is 0 Å².